The third-order valence-electron chi connectivity index (χ3n) is 6.50. The number of unbranched alkanes of at least 4 members (excludes halogenated alkanes) is 5. The summed E-state index contributed by atoms with van der Waals surface area (Å²) in [5, 5.41) is 8.38. The second-order valence-electron chi connectivity index (χ2n) is 10.6. The molecule has 0 aliphatic heterocycles. The minimum absolute atomic E-state index is 0.0247. The van der Waals surface area contributed by atoms with Crippen LogP contribution in [0.5, 0.6) is 0 Å². The molecular formula is C29H51N3O6. The molecule has 0 unspecified atom stereocenters. The van der Waals surface area contributed by atoms with E-state index in [0.29, 0.717) is 70.9 Å². The zero-order valence-electron chi connectivity index (χ0n) is 24.3. The predicted molar refractivity (Wildman–Crippen MR) is 148 cm³/mol. The molecule has 3 amide bonds. The van der Waals surface area contributed by atoms with E-state index in [4.69, 9.17) is 0 Å². The third-order valence-corrected chi connectivity index (χ3v) is 6.50. The Bertz CT molecular complexity index is 765. The van der Waals surface area contributed by atoms with Crippen molar-refractivity contribution >= 4 is 35.1 Å². The van der Waals surface area contributed by atoms with E-state index >= 15 is 0 Å². The van der Waals surface area contributed by atoms with Crippen LogP contribution in [0.15, 0.2) is 0 Å². The highest BCUT2D eigenvalue weighted by atomic mass is 16.2. The zero-order chi connectivity index (χ0) is 28.9. The van der Waals surface area contributed by atoms with Gasteiger partial charge in [-0.05, 0) is 51.9 Å². The molecule has 0 rings (SSSR count). The summed E-state index contributed by atoms with van der Waals surface area (Å²) in [6.45, 7) is 9.20. The Morgan fingerprint density at radius 1 is 0.605 bits per heavy atom. The molecule has 0 saturated carbocycles. The van der Waals surface area contributed by atoms with E-state index in [1.54, 1.807) is 0 Å². The lowest BCUT2D eigenvalue weighted by atomic mass is 9.93. The molecule has 0 spiro atoms. The molecule has 9 heteroatoms. The summed E-state index contributed by atoms with van der Waals surface area (Å²) in [5.41, 5.74) is 0. The summed E-state index contributed by atoms with van der Waals surface area (Å²) < 4.78 is 0. The number of Topliss-reactive ketones (excluding diaryl/α,β-unsaturated/α-hetero) is 3. The monoisotopic (exact) mass is 537 g/mol. The first-order chi connectivity index (χ1) is 17.9. The second-order valence-corrected chi connectivity index (χ2v) is 10.6. The highest BCUT2D eigenvalue weighted by molar-refractivity contribution is 5.91. The topological polar surface area (TPSA) is 139 Å². The zero-order valence-corrected chi connectivity index (χ0v) is 24.3. The minimum Gasteiger partial charge on any atom is -0.356 e. The lowest BCUT2D eigenvalue weighted by molar-refractivity contribution is -0.132. The van der Waals surface area contributed by atoms with Crippen LogP contribution in [0, 0.1) is 11.8 Å². The van der Waals surface area contributed by atoms with Gasteiger partial charge in [-0.1, -0.05) is 33.1 Å². The van der Waals surface area contributed by atoms with Gasteiger partial charge in [0.15, 0.2) is 5.78 Å². The number of ketones is 3. The van der Waals surface area contributed by atoms with Crippen LogP contribution in [0.2, 0.25) is 0 Å². The highest BCUT2D eigenvalue weighted by Crippen LogP contribution is 2.16. The van der Waals surface area contributed by atoms with Gasteiger partial charge in [-0.25, -0.2) is 0 Å². The number of nitrogens with one attached hydrogen (secondary N) is 3. The van der Waals surface area contributed by atoms with Gasteiger partial charge in [-0.15, -0.1) is 0 Å². The van der Waals surface area contributed by atoms with Crippen LogP contribution in [-0.2, 0) is 28.8 Å². The average molecular weight is 538 g/mol. The minimum atomic E-state index is -0.629. The van der Waals surface area contributed by atoms with E-state index in [-0.39, 0.29) is 47.4 Å². The molecule has 2 atom stereocenters. The first kappa shape index (κ1) is 35.4. The summed E-state index contributed by atoms with van der Waals surface area (Å²) in [6.07, 6.45) is 8.03. The summed E-state index contributed by atoms with van der Waals surface area (Å²) in [5.74, 6) is -0.804. The molecule has 0 aromatic rings. The number of carbonyl (C=O) groups excluding carboxylic acids is 6. The van der Waals surface area contributed by atoms with Crippen molar-refractivity contribution in [3.8, 4) is 0 Å². The summed E-state index contributed by atoms with van der Waals surface area (Å²) >= 11 is 0. The van der Waals surface area contributed by atoms with Crippen LogP contribution in [0.3, 0.4) is 0 Å². The smallest absolute Gasteiger partial charge is 0.224 e. The maximum Gasteiger partial charge on any atom is 0.224 e. The quantitative estimate of drug-likeness (QED) is 0.169. The number of amides is 3. The van der Waals surface area contributed by atoms with E-state index in [1.807, 2.05) is 13.8 Å². The van der Waals surface area contributed by atoms with Gasteiger partial charge in [0.25, 0.3) is 0 Å². The summed E-state index contributed by atoms with van der Waals surface area (Å²) in [7, 11) is 0. The van der Waals surface area contributed by atoms with Crippen molar-refractivity contribution in [1.29, 1.82) is 0 Å². The van der Waals surface area contributed by atoms with Crippen LogP contribution < -0.4 is 16.0 Å². The Kier molecular flexibility index (Phi) is 19.9. The van der Waals surface area contributed by atoms with E-state index < -0.39 is 12.0 Å². The van der Waals surface area contributed by atoms with Crippen molar-refractivity contribution in [1.82, 2.24) is 16.0 Å². The van der Waals surface area contributed by atoms with Gasteiger partial charge in [0.1, 0.15) is 11.6 Å². The molecule has 38 heavy (non-hydrogen) atoms. The van der Waals surface area contributed by atoms with E-state index in [1.165, 1.54) is 20.8 Å². The van der Waals surface area contributed by atoms with Crippen LogP contribution in [-0.4, -0.2) is 54.2 Å². The van der Waals surface area contributed by atoms with Crippen molar-refractivity contribution in [2.24, 2.45) is 11.8 Å². The first-order valence-electron chi connectivity index (χ1n) is 14.3. The first-order valence-corrected chi connectivity index (χ1v) is 14.3. The average Bonchev–Trinajstić information content (AvgIpc) is 2.83. The number of rotatable bonds is 23. The maximum atomic E-state index is 13.1. The second kappa shape index (κ2) is 21.4. The third kappa shape index (κ3) is 19.5. The van der Waals surface area contributed by atoms with Gasteiger partial charge < -0.3 is 20.7 Å². The highest BCUT2D eigenvalue weighted by Gasteiger charge is 2.26. The van der Waals surface area contributed by atoms with Crippen LogP contribution in [0.1, 0.15) is 118 Å². The molecule has 0 aliphatic rings. The van der Waals surface area contributed by atoms with Crippen LogP contribution in [0.4, 0.5) is 0 Å². The molecule has 0 aliphatic carbocycles. The lowest BCUT2D eigenvalue weighted by Crippen LogP contribution is -2.44. The number of carbonyl (C=O) groups is 6. The summed E-state index contributed by atoms with van der Waals surface area (Å²) in [6, 6.07) is -0.629. The van der Waals surface area contributed by atoms with E-state index in [0.717, 1.165) is 19.3 Å². The molecular weight excluding hydrogens is 486 g/mol. The van der Waals surface area contributed by atoms with Crippen molar-refractivity contribution in [2.75, 3.05) is 13.1 Å². The fourth-order valence-electron chi connectivity index (χ4n) is 4.21. The Morgan fingerprint density at radius 3 is 1.58 bits per heavy atom. The number of hydrogen-bond acceptors (Lipinski definition) is 6. The van der Waals surface area contributed by atoms with E-state index in [2.05, 4.69) is 16.0 Å². The van der Waals surface area contributed by atoms with Crippen LogP contribution >= 0.6 is 0 Å². The predicted octanol–water partition coefficient (Wildman–Crippen LogP) is 3.81. The number of hydrogen-bond donors (Lipinski definition) is 3. The molecule has 9 nitrogen and oxygen atoms in total. The van der Waals surface area contributed by atoms with Crippen LogP contribution in [0.25, 0.3) is 0 Å². The molecule has 0 aromatic heterocycles. The molecule has 0 saturated heterocycles. The molecule has 218 valence electrons. The van der Waals surface area contributed by atoms with Gasteiger partial charge in [0.05, 0.1) is 6.04 Å². The molecule has 0 aromatic carbocycles. The fourth-order valence-corrected chi connectivity index (χ4v) is 4.21. The van der Waals surface area contributed by atoms with Gasteiger partial charge in [0.2, 0.25) is 17.7 Å². The largest absolute Gasteiger partial charge is 0.356 e. The van der Waals surface area contributed by atoms with Crippen molar-refractivity contribution in [3.05, 3.63) is 0 Å². The Labute approximate surface area is 229 Å². The molecule has 0 bridgehead atoms. The molecule has 3 N–H and O–H groups in total. The lowest BCUT2D eigenvalue weighted by Gasteiger charge is -2.22. The Balaban J connectivity index is 4.92. The molecule has 0 fully saturated rings. The maximum absolute atomic E-state index is 13.1. The van der Waals surface area contributed by atoms with Gasteiger partial charge in [-0.2, -0.15) is 0 Å². The fraction of sp³-hybridized carbons (Fsp3) is 0.793. The van der Waals surface area contributed by atoms with Gasteiger partial charge in [0, 0.05) is 58.0 Å². The molecule has 0 radical (unpaired) electrons. The normalized spacial score (nSPS) is 12.5. The van der Waals surface area contributed by atoms with Gasteiger partial charge in [-0.3, -0.25) is 24.0 Å². The van der Waals surface area contributed by atoms with Crippen molar-refractivity contribution in [2.45, 2.75) is 124 Å². The van der Waals surface area contributed by atoms with Crippen molar-refractivity contribution < 1.29 is 28.8 Å². The molecule has 0 heterocycles. The van der Waals surface area contributed by atoms with E-state index in [9.17, 15) is 28.8 Å². The van der Waals surface area contributed by atoms with Crippen molar-refractivity contribution in [3.63, 3.8) is 0 Å². The summed E-state index contributed by atoms with van der Waals surface area (Å²) in [4.78, 5) is 71.8. The Hall–Kier alpha value is -2.58. The van der Waals surface area contributed by atoms with Gasteiger partial charge >= 0.3 is 0 Å². The SMILES string of the molecule is CC(=O)C[C@@H](CCCCNC(C)=O)C(=O)N[C@@H](CCCCNC(C)=O)C(=O)CCCCCCC(=O)C(C)C. The Morgan fingerprint density at radius 2 is 1.11 bits per heavy atom. The standard InChI is InChI=1S/C29H51N3O6/c1-21(2)27(36)16-8-6-7-9-17-28(37)26(15-11-13-19-31-24(5)35)32-29(38)25(20-22(3)33)14-10-12-18-30-23(4)34/h21,25-26H,6-20H2,1-5H3,(H,30,34)(H,31,35)(H,32,38)/t25-,26+/m1/s1.